The molecule has 7 rings (SSSR count). The van der Waals surface area contributed by atoms with Crippen molar-refractivity contribution < 1.29 is 0 Å². The first-order valence-corrected chi connectivity index (χ1v) is 12.9. The van der Waals surface area contributed by atoms with Crippen LogP contribution >= 0.6 is 0 Å². The largest absolute Gasteiger partial charge is 0.309 e. The molecule has 0 spiro atoms. The zero-order chi connectivity index (χ0) is 26.2. The zero-order valence-corrected chi connectivity index (χ0v) is 21.1. The molecule has 0 radical (unpaired) electrons. The lowest BCUT2D eigenvalue weighted by molar-refractivity contribution is 1.18. The standard InChI is InChI=1S/C36H23N3/c37-22-25-18-31(24-38-23-25)28-11-7-10-27(19-28)30-15-17-34-33-16-14-29(26-8-3-1-4-9-26)20-35(33)39(36(34)21-30)32-12-5-2-6-13-32/h1-21,23-24H. The van der Waals surface area contributed by atoms with Crippen LogP contribution in [0.2, 0.25) is 0 Å². The molecule has 3 nitrogen and oxygen atoms in total. The van der Waals surface area contributed by atoms with Gasteiger partial charge in [0.15, 0.2) is 0 Å². The fourth-order valence-corrected chi connectivity index (χ4v) is 5.40. The fourth-order valence-electron chi connectivity index (χ4n) is 5.40. The lowest BCUT2D eigenvalue weighted by atomic mass is 9.98. The monoisotopic (exact) mass is 497 g/mol. The summed E-state index contributed by atoms with van der Waals surface area (Å²) in [5.74, 6) is 0. The molecular formula is C36H23N3. The third kappa shape index (κ3) is 4.05. The van der Waals surface area contributed by atoms with Gasteiger partial charge in [0.2, 0.25) is 0 Å². The number of para-hydroxylation sites is 1. The highest BCUT2D eigenvalue weighted by Gasteiger charge is 2.15. The number of nitriles is 1. The van der Waals surface area contributed by atoms with Crippen LogP contribution in [0.4, 0.5) is 0 Å². The number of nitrogens with zero attached hydrogens (tertiary/aromatic N) is 3. The van der Waals surface area contributed by atoms with Gasteiger partial charge in [-0.1, -0.05) is 91.0 Å². The molecule has 0 aliphatic heterocycles. The topological polar surface area (TPSA) is 41.6 Å². The minimum atomic E-state index is 0.557. The molecule has 182 valence electrons. The van der Waals surface area contributed by atoms with Crippen LogP contribution in [0.1, 0.15) is 5.56 Å². The van der Waals surface area contributed by atoms with E-state index in [-0.39, 0.29) is 0 Å². The van der Waals surface area contributed by atoms with E-state index in [0.717, 1.165) is 33.5 Å². The van der Waals surface area contributed by atoms with Crippen LogP contribution in [-0.4, -0.2) is 9.55 Å². The van der Waals surface area contributed by atoms with Crippen molar-refractivity contribution in [2.75, 3.05) is 0 Å². The average Bonchev–Trinajstić information content (AvgIpc) is 3.35. The highest BCUT2D eigenvalue weighted by atomic mass is 15.0. The van der Waals surface area contributed by atoms with Crippen LogP contribution in [0.3, 0.4) is 0 Å². The normalized spacial score (nSPS) is 11.1. The second-order valence-electron chi connectivity index (χ2n) is 9.66. The molecule has 0 amide bonds. The van der Waals surface area contributed by atoms with Crippen LogP contribution in [0.25, 0.3) is 60.9 Å². The molecule has 0 fully saturated rings. The maximum Gasteiger partial charge on any atom is 0.101 e. The van der Waals surface area contributed by atoms with Crippen molar-refractivity contribution in [3.05, 3.63) is 145 Å². The maximum atomic E-state index is 9.31. The molecule has 5 aromatic carbocycles. The molecule has 0 unspecified atom stereocenters. The molecule has 0 atom stereocenters. The van der Waals surface area contributed by atoms with Gasteiger partial charge in [0, 0.05) is 34.4 Å². The van der Waals surface area contributed by atoms with E-state index in [2.05, 4.69) is 137 Å². The van der Waals surface area contributed by atoms with Crippen molar-refractivity contribution in [3.8, 4) is 45.1 Å². The molecule has 0 aliphatic carbocycles. The Labute approximate surface area is 226 Å². The van der Waals surface area contributed by atoms with Gasteiger partial charge in [-0.3, -0.25) is 4.98 Å². The summed E-state index contributed by atoms with van der Waals surface area (Å²) in [6.07, 6.45) is 3.40. The molecule has 2 heterocycles. The quantitative estimate of drug-likeness (QED) is 0.243. The van der Waals surface area contributed by atoms with E-state index >= 15 is 0 Å². The van der Waals surface area contributed by atoms with Crippen molar-refractivity contribution in [1.29, 1.82) is 5.26 Å². The van der Waals surface area contributed by atoms with Crippen molar-refractivity contribution >= 4 is 21.8 Å². The first kappa shape index (κ1) is 22.7. The van der Waals surface area contributed by atoms with Gasteiger partial charge in [-0.25, -0.2) is 0 Å². The number of aromatic nitrogens is 2. The average molecular weight is 498 g/mol. The first-order chi connectivity index (χ1) is 19.3. The number of fused-ring (bicyclic) bond motifs is 3. The van der Waals surface area contributed by atoms with Gasteiger partial charge in [-0.05, 0) is 64.2 Å². The van der Waals surface area contributed by atoms with Gasteiger partial charge >= 0.3 is 0 Å². The highest BCUT2D eigenvalue weighted by Crippen LogP contribution is 2.37. The van der Waals surface area contributed by atoms with Crippen LogP contribution < -0.4 is 0 Å². The Morgan fingerprint density at radius 3 is 1.72 bits per heavy atom. The molecule has 2 aromatic heterocycles. The molecule has 7 aromatic rings. The third-order valence-corrected chi connectivity index (χ3v) is 7.29. The molecule has 39 heavy (non-hydrogen) atoms. The predicted octanol–water partition coefficient (Wildman–Crippen LogP) is 9.05. The molecule has 0 saturated heterocycles. The van der Waals surface area contributed by atoms with Gasteiger partial charge in [-0.2, -0.15) is 5.26 Å². The Morgan fingerprint density at radius 2 is 1.05 bits per heavy atom. The number of benzene rings is 5. The summed E-state index contributed by atoms with van der Waals surface area (Å²) < 4.78 is 2.37. The summed E-state index contributed by atoms with van der Waals surface area (Å²) in [7, 11) is 0. The number of hydrogen-bond donors (Lipinski definition) is 0. The molecule has 0 N–H and O–H groups in total. The second kappa shape index (κ2) is 9.45. The Bertz CT molecular complexity index is 2010. The summed E-state index contributed by atoms with van der Waals surface area (Å²) in [4.78, 5) is 4.25. The van der Waals surface area contributed by atoms with E-state index < -0.39 is 0 Å². The number of rotatable bonds is 4. The van der Waals surface area contributed by atoms with Gasteiger partial charge in [0.05, 0.1) is 16.6 Å². The van der Waals surface area contributed by atoms with E-state index in [1.807, 2.05) is 6.07 Å². The van der Waals surface area contributed by atoms with Crippen molar-refractivity contribution in [2.45, 2.75) is 0 Å². The maximum absolute atomic E-state index is 9.31. The van der Waals surface area contributed by atoms with Crippen LogP contribution in [0.15, 0.2) is 140 Å². The van der Waals surface area contributed by atoms with Gasteiger partial charge < -0.3 is 4.57 Å². The van der Waals surface area contributed by atoms with Crippen LogP contribution in [0.5, 0.6) is 0 Å². The Hall–Kier alpha value is -5.46. The van der Waals surface area contributed by atoms with Crippen molar-refractivity contribution in [3.63, 3.8) is 0 Å². The number of pyridine rings is 1. The Balaban J connectivity index is 1.43. The number of hydrogen-bond acceptors (Lipinski definition) is 2. The Kier molecular flexibility index (Phi) is 5.50. The molecular weight excluding hydrogens is 474 g/mol. The van der Waals surface area contributed by atoms with Gasteiger partial charge in [0.25, 0.3) is 0 Å². The molecule has 0 bridgehead atoms. The summed E-state index contributed by atoms with van der Waals surface area (Å²) in [6, 6.07) is 47.1. The summed E-state index contributed by atoms with van der Waals surface area (Å²) in [6.45, 7) is 0. The van der Waals surface area contributed by atoms with E-state index in [4.69, 9.17) is 0 Å². The van der Waals surface area contributed by atoms with E-state index in [1.165, 1.54) is 27.4 Å². The van der Waals surface area contributed by atoms with Crippen molar-refractivity contribution in [2.24, 2.45) is 0 Å². The van der Waals surface area contributed by atoms with E-state index in [9.17, 15) is 5.26 Å². The summed E-state index contributed by atoms with van der Waals surface area (Å²) >= 11 is 0. The smallest absolute Gasteiger partial charge is 0.101 e. The van der Waals surface area contributed by atoms with Gasteiger partial charge in [0.1, 0.15) is 6.07 Å². The van der Waals surface area contributed by atoms with Crippen LogP contribution in [-0.2, 0) is 0 Å². The molecule has 0 aliphatic rings. The molecule has 3 heteroatoms. The SMILES string of the molecule is N#Cc1cncc(-c2cccc(-c3ccc4c5ccc(-c6ccccc6)cc5n(-c5ccccc5)c4c3)c2)c1. The predicted molar refractivity (Wildman–Crippen MR) is 160 cm³/mol. The summed E-state index contributed by atoms with van der Waals surface area (Å²) in [5, 5.41) is 11.8. The van der Waals surface area contributed by atoms with E-state index in [0.29, 0.717) is 5.56 Å². The van der Waals surface area contributed by atoms with Crippen LogP contribution in [0, 0.1) is 11.3 Å². The minimum absolute atomic E-state index is 0.557. The lowest BCUT2D eigenvalue weighted by Crippen LogP contribution is -1.94. The van der Waals surface area contributed by atoms with Crippen molar-refractivity contribution in [1.82, 2.24) is 9.55 Å². The fraction of sp³-hybridized carbons (Fsp3) is 0. The van der Waals surface area contributed by atoms with E-state index in [1.54, 1.807) is 12.4 Å². The second-order valence-corrected chi connectivity index (χ2v) is 9.66. The van der Waals surface area contributed by atoms with Gasteiger partial charge in [-0.15, -0.1) is 0 Å². The third-order valence-electron chi connectivity index (χ3n) is 7.29. The molecule has 0 saturated carbocycles. The minimum Gasteiger partial charge on any atom is -0.309 e. The lowest BCUT2D eigenvalue weighted by Gasteiger charge is -2.10. The zero-order valence-electron chi connectivity index (χ0n) is 21.1. The highest BCUT2D eigenvalue weighted by molar-refractivity contribution is 6.11. The first-order valence-electron chi connectivity index (χ1n) is 12.9. The summed E-state index contributed by atoms with van der Waals surface area (Å²) in [5.41, 5.74) is 10.7. The Morgan fingerprint density at radius 1 is 0.487 bits per heavy atom.